The molecule has 0 aliphatic carbocycles. The average molecular weight is 260 g/mol. The van der Waals surface area contributed by atoms with E-state index in [0.717, 1.165) is 12.1 Å². The molecule has 2 atom stereocenters. The molecule has 0 amide bonds. The number of halogens is 1. The molecule has 1 rings (SSSR count). The Morgan fingerprint density at radius 3 is 2.69 bits per heavy atom. The smallest absolute Gasteiger partial charge is 0.0928 e. The van der Waals surface area contributed by atoms with E-state index in [2.05, 4.69) is 18.5 Å². The molecule has 16 heavy (non-hydrogen) atoms. The van der Waals surface area contributed by atoms with Crippen LogP contribution in [0.4, 0.5) is 0 Å². The zero-order valence-corrected chi connectivity index (χ0v) is 11.2. The van der Waals surface area contributed by atoms with Crippen molar-refractivity contribution in [2.45, 2.75) is 18.3 Å². The van der Waals surface area contributed by atoms with E-state index in [1.807, 2.05) is 18.2 Å². The second-order valence-corrected chi connectivity index (χ2v) is 5.43. The van der Waals surface area contributed by atoms with Crippen LogP contribution in [0.5, 0.6) is 0 Å². The minimum atomic E-state index is -0.539. The standard InChI is InChI=1S/C12H18ClNOS/c1-9(16-2)7-14-8-12(15)10-5-3-4-6-11(10)13/h3-6,9,12,14-15H,7-8H2,1-2H3. The largest absolute Gasteiger partial charge is 0.387 e. The minimum absolute atomic E-state index is 0.536. The Balaban J connectivity index is 2.41. The van der Waals surface area contributed by atoms with Crippen LogP contribution in [0.3, 0.4) is 0 Å². The van der Waals surface area contributed by atoms with Gasteiger partial charge in [-0.25, -0.2) is 0 Å². The topological polar surface area (TPSA) is 32.3 Å². The number of hydrogen-bond donors (Lipinski definition) is 2. The summed E-state index contributed by atoms with van der Waals surface area (Å²) in [6.07, 6.45) is 1.54. The summed E-state index contributed by atoms with van der Waals surface area (Å²) in [5, 5.41) is 14.3. The van der Waals surface area contributed by atoms with Crippen molar-refractivity contribution in [1.29, 1.82) is 0 Å². The molecule has 90 valence electrons. The molecule has 0 fully saturated rings. The van der Waals surface area contributed by atoms with Crippen molar-refractivity contribution in [3.63, 3.8) is 0 Å². The normalized spacial score (nSPS) is 14.8. The van der Waals surface area contributed by atoms with E-state index in [9.17, 15) is 5.11 Å². The highest BCUT2D eigenvalue weighted by atomic mass is 35.5. The van der Waals surface area contributed by atoms with Crippen LogP contribution < -0.4 is 5.32 Å². The lowest BCUT2D eigenvalue weighted by molar-refractivity contribution is 0.175. The molecule has 0 spiro atoms. The molecular weight excluding hydrogens is 242 g/mol. The summed E-state index contributed by atoms with van der Waals surface area (Å²) in [5.41, 5.74) is 0.786. The monoisotopic (exact) mass is 259 g/mol. The van der Waals surface area contributed by atoms with Gasteiger partial charge in [-0.3, -0.25) is 0 Å². The number of aliphatic hydroxyl groups excluding tert-OH is 1. The molecule has 0 aromatic heterocycles. The maximum Gasteiger partial charge on any atom is 0.0928 e. The summed E-state index contributed by atoms with van der Waals surface area (Å²) in [4.78, 5) is 0. The van der Waals surface area contributed by atoms with E-state index in [1.54, 1.807) is 17.8 Å². The van der Waals surface area contributed by atoms with Crippen LogP contribution in [0.15, 0.2) is 24.3 Å². The van der Waals surface area contributed by atoms with Gasteiger partial charge in [0.1, 0.15) is 0 Å². The van der Waals surface area contributed by atoms with Gasteiger partial charge >= 0.3 is 0 Å². The van der Waals surface area contributed by atoms with Crippen LogP contribution in [0, 0.1) is 0 Å². The van der Waals surface area contributed by atoms with E-state index in [4.69, 9.17) is 11.6 Å². The Kier molecular flexibility index (Phi) is 6.21. The second-order valence-electron chi connectivity index (χ2n) is 3.74. The van der Waals surface area contributed by atoms with Crippen molar-refractivity contribution in [3.05, 3.63) is 34.9 Å². The Hall–Kier alpha value is -0.220. The highest BCUT2D eigenvalue weighted by molar-refractivity contribution is 7.99. The van der Waals surface area contributed by atoms with Gasteiger partial charge in [-0.2, -0.15) is 11.8 Å². The van der Waals surface area contributed by atoms with Gasteiger partial charge in [0.2, 0.25) is 0 Å². The van der Waals surface area contributed by atoms with Crippen molar-refractivity contribution >= 4 is 23.4 Å². The van der Waals surface area contributed by atoms with Crippen molar-refractivity contribution in [2.24, 2.45) is 0 Å². The van der Waals surface area contributed by atoms with Gasteiger partial charge in [0.25, 0.3) is 0 Å². The number of hydrogen-bond acceptors (Lipinski definition) is 3. The number of nitrogens with one attached hydrogen (secondary N) is 1. The molecule has 0 radical (unpaired) electrons. The van der Waals surface area contributed by atoms with Crippen LogP contribution in [0.2, 0.25) is 5.02 Å². The molecule has 1 aromatic carbocycles. The zero-order chi connectivity index (χ0) is 12.0. The van der Waals surface area contributed by atoms with E-state index in [1.165, 1.54) is 0 Å². The van der Waals surface area contributed by atoms with Crippen molar-refractivity contribution < 1.29 is 5.11 Å². The van der Waals surface area contributed by atoms with Crippen LogP contribution in [0.25, 0.3) is 0 Å². The fourth-order valence-corrected chi connectivity index (χ4v) is 1.91. The third-order valence-corrected chi connectivity index (χ3v) is 3.75. The predicted molar refractivity (Wildman–Crippen MR) is 72.3 cm³/mol. The first-order valence-electron chi connectivity index (χ1n) is 5.31. The van der Waals surface area contributed by atoms with Crippen molar-refractivity contribution in [3.8, 4) is 0 Å². The Labute approximate surface area is 106 Å². The first kappa shape index (κ1) is 13.8. The lowest BCUT2D eigenvalue weighted by atomic mass is 10.1. The molecule has 2 N–H and O–H groups in total. The van der Waals surface area contributed by atoms with Gasteiger partial charge in [0.15, 0.2) is 0 Å². The van der Waals surface area contributed by atoms with Crippen LogP contribution in [-0.2, 0) is 0 Å². The number of aliphatic hydroxyl groups is 1. The molecule has 0 saturated carbocycles. The molecule has 0 aliphatic heterocycles. The Bertz CT molecular complexity index is 322. The summed E-state index contributed by atoms with van der Waals surface area (Å²) in [5.74, 6) is 0. The van der Waals surface area contributed by atoms with Gasteiger partial charge in [0, 0.05) is 28.9 Å². The maximum absolute atomic E-state index is 9.93. The molecule has 4 heteroatoms. The molecule has 2 unspecified atom stereocenters. The Morgan fingerprint density at radius 1 is 1.38 bits per heavy atom. The maximum atomic E-state index is 9.93. The number of thioether (sulfide) groups is 1. The molecule has 0 bridgehead atoms. The van der Waals surface area contributed by atoms with Crippen molar-refractivity contribution in [2.75, 3.05) is 19.3 Å². The first-order chi connectivity index (χ1) is 7.65. The highest BCUT2D eigenvalue weighted by Gasteiger charge is 2.10. The van der Waals surface area contributed by atoms with Gasteiger partial charge in [0.05, 0.1) is 6.10 Å². The SMILES string of the molecule is CSC(C)CNCC(O)c1ccccc1Cl. The van der Waals surface area contributed by atoms with Crippen LogP contribution in [0.1, 0.15) is 18.6 Å². The van der Waals surface area contributed by atoms with E-state index < -0.39 is 6.10 Å². The van der Waals surface area contributed by atoms with Gasteiger partial charge in [-0.1, -0.05) is 36.7 Å². The lowest BCUT2D eigenvalue weighted by Crippen LogP contribution is -2.27. The molecular formula is C12H18ClNOS. The summed E-state index contributed by atoms with van der Waals surface area (Å²) in [6.45, 7) is 3.58. The first-order valence-corrected chi connectivity index (χ1v) is 6.97. The molecule has 2 nitrogen and oxygen atoms in total. The molecule has 0 saturated heterocycles. The van der Waals surface area contributed by atoms with E-state index in [-0.39, 0.29) is 0 Å². The fourth-order valence-electron chi connectivity index (χ4n) is 1.36. The van der Waals surface area contributed by atoms with Gasteiger partial charge in [-0.05, 0) is 12.3 Å². The second kappa shape index (κ2) is 7.17. The van der Waals surface area contributed by atoms with E-state index in [0.29, 0.717) is 16.8 Å². The number of rotatable bonds is 6. The predicted octanol–water partition coefficient (Wildman–Crippen LogP) is 2.71. The average Bonchev–Trinajstić information content (AvgIpc) is 2.29. The minimum Gasteiger partial charge on any atom is -0.387 e. The van der Waals surface area contributed by atoms with Crippen LogP contribution >= 0.6 is 23.4 Å². The molecule has 0 aliphatic rings. The zero-order valence-electron chi connectivity index (χ0n) is 9.61. The van der Waals surface area contributed by atoms with E-state index >= 15 is 0 Å². The summed E-state index contributed by atoms with van der Waals surface area (Å²) in [6, 6.07) is 7.40. The lowest BCUT2D eigenvalue weighted by Gasteiger charge is -2.15. The third kappa shape index (κ3) is 4.34. The highest BCUT2D eigenvalue weighted by Crippen LogP contribution is 2.21. The molecule has 0 heterocycles. The van der Waals surface area contributed by atoms with Gasteiger partial charge < -0.3 is 10.4 Å². The van der Waals surface area contributed by atoms with Crippen LogP contribution in [-0.4, -0.2) is 29.7 Å². The quantitative estimate of drug-likeness (QED) is 0.824. The van der Waals surface area contributed by atoms with Gasteiger partial charge in [-0.15, -0.1) is 0 Å². The fraction of sp³-hybridized carbons (Fsp3) is 0.500. The summed E-state index contributed by atoms with van der Waals surface area (Å²) < 4.78 is 0. The summed E-state index contributed by atoms with van der Waals surface area (Å²) >= 11 is 7.80. The third-order valence-electron chi connectivity index (χ3n) is 2.44. The summed E-state index contributed by atoms with van der Waals surface area (Å²) in [7, 11) is 0. The Morgan fingerprint density at radius 2 is 2.06 bits per heavy atom. The van der Waals surface area contributed by atoms with Crippen molar-refractivity contribution in [1.82, 2.24) is 5.32 Å². The number of benzene rings is 1. The molecule has 1 aromatic rings.